The molecule has 1 unspecified atom stereocenters. The van der Waals surface area contributed by atoms with Crippen LogP contribution in [0.5, 0.6) is 0 Å². The van der Waals surface area contributed by atoms with Gasteiger partial charge in [-0.2, -0.15) is 0 Å². The van der Waals surface area contributed by atoms with Crippen LogP contribution in [0.2, 0.25) is 0 Å². The van der Waals surface area contributed by atoms with Gasteiger partial charge in [0.1, 0.15) is 0 Å². The van der Waals surface area contributed by atoms with Gasteiger partial charge in [-0.1, -0.05) is 18.9 Å². The van der Waals surface area contributed by atoms with Gasteiger partial charge < -0.3 is 4.74 Å². The van der Waals surface area contributed by atoms with Crippen LogP contribution in [-0.2, 0) is 4.74 Å². The molecule has 0 aliphatic carbocycles. The zero-order valence-electron chi connectivity index (χ0n) is 6.67. The maximum atomic E-state index is 5.50. The first kappa shape index (κ1) is 8.37. The molecule has 0 bridgehead atoms. The molecular formula is C7H15NOS. The number of hydrogen-bond acceptors (Lipinski definition) is 3. The monoisotopic (exact) mass is 161 g/mol. The number of nitrogens with zero attached hydrogens (tertiary/aromatic N) is 1. The minimum absolute atomic E-state index is 0.473. The fraction of sp³-hybridized carbons (Fsp3) is 1.00. The Morgan fingerprint density at radius 3 is 3.10 bits per heavy atom. The lowest BCUT2D eigenvalue weighted by atomic mass is 10.2. The minimum atomic E-state index is 0.473. The highest BCUT2D eigenvalue weighted by molar-refractivity contribution is 7.96. The van der Waals surface area contributed by atoms with Crippen LogP contribution >= 0.6 is 11.9 Å². The summed E-state index contributed by atoms with van der Waals surface area (Å²) in [6.45, 7) is 5.25. The number of hydrogen-bond donors (Lipinski definition) is 0. The molecule has 0 aromatic rings. The highest BCUT2D eigenvalue weighted by Crippen LogP contribution is 2.13. The summed E-state index contributed by atoms with van der Waals surface area (Å²) in [5.41, 5.74) is 0. The van der Waals surface area contributed by atoms with Gasteiger partial charge in [-0.3, -0.25) is 0 Å². The lowest BCUT2D eigenvalue weighted by Gasteiger charge is -2.30. The highest BCUT2D eigenvalue weighted by atomic mass is 32.2. The predicted molar refractivity (Wildman–Crippen MR) is 45.1 cm³/mol. The van der Waals surface area contributed by atoms with Gasteiger partial charge >= 0.3 is 0 Å². The lowest BCUT2D eigenvalue weighted by molar-refractivity contribution is 0.000387. The molecule has 1 aliphatic rings. The Kier molecular flexibility index (Phi) is 3.52. The summed E-state index contributed by atoms with van der Waals surface area (Å²) in [7, 11) is 0. The molecular weight excluding hydrogens is 146 g/mol. The fourth-order valence-electron chi connectivity index (χ4n) is 1.11. The normalized spacial score (nSPS) is 28.8. The van der Waals surface area contributed by atoms with Crippen LogP contribution < -0.4 is 0 Å². The van der Waals surface area contributed by atoms with Crippen molar-refractivity contribution in [3.05, 3.63) is 0 Å². The number of morpholine rings is 1. The van der Waals surface area contributed by atoms with E-state index in [0.29, 0.717) is 6.10 Å². The summed E-state index contributed by atoms with van der Waals surface area (Å²) in [5.74, 6) is 0. The highest BCUT2D eigenvalue weighted by Gasteiger charge is 2.17. The van der Waals surface area contributed by atoms with Crippen LogP contribution in [0.15, 0.2) is 0 Å². The standard InChI is InChI=1S/C7H15NOS/c1-3-7-6-8(10-2)4-5-9-7/h7H,3-6H2,1-2H3. The first-order valence-electron chi connectivity index (χ1n) is 3.77. The van der Waals surface area contributed by atoms with E-state index in [-0.39, 0.29) is 0 Å². The molecule has 0 saturated carbocycles. The van der Waals surface area contributed by atoms with E-state index in [2.05, 4.69) is 17.5 Å². The Balaban J connectivity index is 2.25. The molecule has 1 atom stereocenters. The summed E-state index contributed by atoms with van der Waals surface area (Å²) in [6.07, 6.45) is 3.73. The van der Waals surface area contributed by atoms with Crippen LogP contribution in [-0.4, -0.2) is 36.4 Å². The summed E-state index contributed by atoms with van der Waals surface area (Å²) in [5, 5.41) is 0. The molecule has 1 rings (SSSR count). The first-order chi connectivity index (χ1) is 4.86. The molecule has 1 saturated heterocycles. The van der Waals surface area contributed by atoms with Gasteiger partial charge in [-0.15, -0.1) is 0 Å². The van der Waals surface area contributed by atoms with E-state index >= 15 is 0 Å². The lowest BCUT2D eigenvalue weighted by Crippen LogP contribution is -2.37. The maximum Gasteiger partial charge on any atom is 0.0709 e. The molecule has 2 nitrogen and oxygen atoms in total. The van der Waals surface area contributed by atoms with Crippen molar-refractivity contribution in [2.75, 3.05) is 26.0 Å². The molecule has 0 aromatic heterocycles. The van der Waals surface area contributed by atoms with Crippen molar-refractivity contribution < 1.29 is 4.74 Å². The molecule has 0 spiro atoms. The largest absolute Gasteiger partial charge is 0.375 e. The molecule has 0 amide bonds. The first-order valence-corrected chi connectivity index (χ1v) is 4.95. The summed E-state index contributed by atoms with van der Waals surface area (Å²) in [4.78, 5) is 0. The van der Waals surface area contributed by atoms with E-state index in [4.69, 9.17) is 4.74 Å². The third kappa shape index (κ3) is 2.15. The smallest absolute Gasteiger partial charge is 0.0709 e. The van der Waals surface area contributed by atoms with Crippen LogP contribution in [0.4, 0.5) is 0 Å². The quantitative estimate of drug-likeness (QED) is 0.568. The molecule has 1 heterocycles. The van der Waals surface area contributed by atoms with Crippen LogP contribution in [0, 0.1) is 0 Å². The van der Waals surface area contributed by atoms with E-state index in [0.717, 1.165) is 26.1 Å². The van der Waals surface area contributed by atoms with Gasteiger partial charge in [-0.25, -0.2) is 4.31 Å². The summed E-state index contributed by atoms with van der Waals surface area (Å²) < 4.78 is 7.86. The van der Waals surface area contributed by atoms with Gasteiger partial charge in [0.2, 0.25) is 0 Å². The molecule has 3 heteroatoms. The molecule has 10 heavy (non-hydrogen) atoms. The SMILES string of the molecule is CCC1CN(SC)CCO1. The van der Waals surface area contributed by atoms with Gasteiger partial charge in [0.25, 0.3) is 0 Å². The third-order valence-corrected chi connectivity index (χ3v) is 2.66. The minimum Gasteiger partial charge on any atom is -0.375 e. The van der Waals surface area contributed by atoms with Gasteiger partial charge in [0.05, 0.1) is 12.7 Å². The van der Waals surface area contributed by atoms with Crippen molar-refractivity contribution in [1.82, 2.24) is 4.31 Å². The summed E-state index contributed by atoms with van der Waals surface area (Å²) >= 11 is 1.82. The molecule has 0 radical (unpaired) electrons. The van der Waals surface area contributed by atoms with Crippen molar-refractivity contribution >= 4 is 11.9 Å². The molecule has 1 aliphatic heterocycles. The van der Waals surface area contributed by atoms with Gasteiger partial charge in [0.15, 0.2) is 0 Å². The number of ether oxygens (including phenoxy) is 1. The average Bonchev–Trinajstić information content (AvgIpc) is 2.05. The van der Waals surface area contributed by atoms with E-state index < -0.39 is 0 Å². The molecule has 60 valence electrons. The summed E-state index contributed by atoms with van der Waals surface area (Å²) in [6, 6.07) is 0. The third-order valence-electron chi connectivity index (χ3n) is 1.82. The average molecular weight is 161 g/mol. The van der Waals surface area contributed by atoms with Crippen LogP contribution in [0.1, 0.15) is 13.3 Å². The molecule has 0 aromatic carbocycles. The Labute approximate surface area is 67.1 Å². The Hall–Kier alpha value is 0.270. The van der Waals surface area contributed by atoms with Crippen molar-refractivity contribution in [1.29, 1.82) is 0 Å². The van der Waals surface area contributed by atoms with Gasteiger partial charge in [0, 0.05) is 13.1 Å². The predicted octanol–water partition coefficient (Wildman–Crippen LogP) is 1.38. The zero-order chi connectivity index (χ0) is 7.40. The molecule has 1 fully saturated rings. The van der Waals surface area contributed by atoms with Crippen LogP contribution in [0.25, 0.3) is 0 Å². The second-order valence-corrected chi connectivity index (χ2v) is 3.35. The zero-order valence-corrected chi connectivity index (χ0v) is 7.49. The maximum absolute atomic E-state index is 5.50. The van der Waals surface area contributed by atoms with E-state index in [1.807, 2.05) is 11.9 Å². The second kappa shape index (κ2) is 4.21. The Morgan fingerprint density at radius 2 is 2.50 bits per heavy atom. The Morgan fingerprint density at radius 1 is 1.70 bits per heavy atom. The molecule has 0 N–H and O–H groups in total. The van der Waals surface area contributed by atoms with Crippen molar-refractivity contribution in [2.45, 2.75) is 19.4 Å². The van der Waals surface area contributed by atoms with Crippen molar-refractivity contribution in [3.63, 3.8) is 0 Å². The van der Waals surface area contributed by atoms with Crippen molar-refractivity contribution in [3.8, 4) is 0 Å². The Bertz CT molecular complexity index is 89.6. The van der Waals surface area contributed by atoms with E-state index in [9.17, 15) is 0 Å². The van der Waals surface area contributed by atoms with Crippen LogP contribution in [0.3, 0.4) is 0 Å². The van der Waals surface area contributed by atoms with Gasteiger partial charge in [-0.05, 0) is 12.7 Å². The fourth-order valence-corrected chi connectivity index (χ4v) is 1.68. The topological polar surface area (TPSA) is 12.5 Å². The number of rotatable bonds is 2. The van der Waals surface area contributed by atoms with E-state index in [1.54, 1.807) is 0 Å². The van der Waals surface area contributed by atoms with Crippen molar-refractivity contribution in [2.24, 2.45) is 0 Å². The van der Waals surface area contributed by atoms with E-state index in [1.165, 1.54) is 0 Å². The second-order valence-electron chi connectivity index (χ2n) is 2.47.